The molecule has 116 valence electrons. The molecule has 5 nitrogen and oxygen atoms in total. The number of aliphatic imine (C=N–C) groups is 1. The second-order valence-corrected chi connectivity index (χ2v) is 4.92. The molecule has 0 aliphatic heterocycles. The van der Waals surface area contributed by atoms with E-state index in [1.54, 1.807) is 33.2 Å². The summed E-state index contributed by atoms with van der Waals surface area (Å²) >= 11 is 0. The molecule has 1 aromatic rings. The highest BCUT2D eigenvalue weighted by atomic mass is 19.1. The maximum atomic E-state index is 13.2. The highest BCUT2D eigenvalue weighted by Crippen LogP contribution is 2.09. The number of rotatable bonds is 5. The molecule has 1 rings (SSSR count). The van der Waals surface area contributed by atoms with Crippen molar-refractivity contribution in [3.63, 3.8) is 0 Å². The lowest BCUT2D eigenvalue weighted by Gasteiger charge is -2.14. The van der Waals surface area contributed by atoms with Gasteiger partial charge < -0.3 is 15.5 Å². The van der Waals surface area contributed by atoms with Gasteiger partial charge in [-0.05, 0) is 31.0 Å². The van der Waals surface area contributed by atoms with E-state index in [-0.39, 0.29) is 18.3 Å². The first-order valence-electron chi connectivity index (χ1n) is 6.91. The minimum absolute atomic E-state index is 0.0294. The normalized spacial score (nSPS) is 11.2. The lowest BCUT2D eigenvalue weighted by atomic mass is 10.1. The van der Waals surface area contributed by atoms with Gasteiger partial charge in [0.05, 0.1) is 13.1 Å². The molecule has 6 heteroatoms. The van der Waals surface area contributed by atoms with Crippen molar-refractivity contribution in [1.82, 2.24) is 15.5 Å². The standard InChI is InChI=1S/C15H23FN4O/c1-5-17-15(19-10-14(21)20(3)4)18-9-12-6-7-13(16)11(2)8-12/h6-8H,5,9-10H2,1-4H3,(H2,17,18,19). The average molecular weight is 294 g/mol. The monoisotopic (exact) mass is 294 g/mol. The number of likely N-dealkylation sites (N-methyl/N-ethyl adjacent to an activating group) is 1. The number of hydrogen-bond acceptors (Lipinski definition) is 2. The van der Waals surface area contributed by atoms with Crippen LogP contribution in [-0.2, 0) is 11.3 Å². The molecule has 0 saturated heterocycles. The second-order valence-electron chi connectivity index (χ2n) is 4.92. The SMILES string of the molecule is CCNC(=NCc1ccc(F)c(C)c1)NCC(=O)N(C)C. The molecule has 0 unspecified atom stereocenters. The molecule has 0 fully saturated rings. The number of guanidine groups is 1. The van der Waals surface area contributed by atoms with E-state index >= 15 is 0 Å². The topological polar surface area (TPSA) is 56.7 Å². The fraction of sp³-hybridized carbons (Fsp3) is 0.467. The molecular formula is C15H23FN4O. The molecule has 0 radical (unpaired) electrons. The fourth-order valence-electron chi connectivity index (χ4n) is 1.63. The maximum absolute atomic E-state index is 13.2. The number of aryl methyl sites for hydroxylation is 1. The number of nitrogens with one attached hydrogen (secondary N) is 2. The van der Waals surface area contributed by atoms with Gasteiger partial charge in [0.25, 0.3) is 0 Å². The Hall–Kier alpha value is -2.11. The van der Waals surface area contributed by atoms with Crippen molar-refractivity contribution in [2.24, 2.45) is 4.99 Å². The van der Waals surface area contributed by atoms with E-state index in [1.165, 1.54) is 11.0 Å². The van der Waals surface area contributed by atoms with Gasteiger partial charge in [-0.2, -0.15) is 0 Å². The minimum atomic E-state index is -0.218. The molecule has 2 N–H and O–H groups in total. The van der Waals surface area contributed by atoms with Crippen LogP contribution in [0.15, 0.2) is 23.2 Å². The van der Waals surface area contributed by atoms with Crippen LogP contribution < -0.4 is 10.6 Å². The van der Waals surface area contributed by atoms with E-state index in [1.807, 2.05) is 6.92 Å². The number of carbonyl (C=O) groups excluding carboxylic acids is 1. The first kappa shape index (κ1) is 16.9. The fourth-order valence-corrected chi connectivity index (χ4v) is 1.63. The van der Waals surface area contributed by atoms with Gasteiger partial charge in [-0.25, -0.2) is 9.38 Å². The summed E-state index contributed by atoms with van der Waals surface area (Å²) in [6.45, 7) is 4.98. The third-order valence-corrected chi connectivity index (χ3v) is 2.89. The quantitative estimate of drug-likeness (QED) is 0.635. The molecule has 1 amide bonds. The van der Waals surface area contributed by atoms with Crippen molar-refractivity contribution < 1.29 is 9.18 Å². The van der Waals surface area contributed by atoms with Crippen molar-refractivity contribution in [2.45, 2.75) is 20.4 Å². The van der Waals surface area contributed by atoms with E-state index in [0.29, 0.717) is 24.6 Å². The number of hydrogen-bond donors (Lipinski definition) is 2. The first-order valence-corrected chi connectivity index (χ1v) is 6.91. The van der Waals surface area contributed by atoms with Crippen LogP contribution in [0.25, 0.3) is 0 Å². The van der Waals surface area contributed by atoms with Crippen molar-refractivity contribution in [2.75, 3.05) is 27.2 Å². The highest BCUT2D eigenvalue weighted by Gasteiger charge is 2.05. The van der Waals surface area contributed by atoms with Crippen LogP contribution in [0, 0.1) is 12.7 Å². The van der Waals surface area contributed by atoms with Crippen LogP contribution in [-0.4, -0.2) is 44.0 Å². The molecule has 0 saturated carbocycles. The van der Waals surface area contributed by atoms with E-state index in [4.69, 9.17) is 0 Å². The van der Waals surface area contributed by atoms with Crippen molar-refractivity contribution >= 4 is 11.9 Å². The number of carbonyl (C=O) groups is 1. The predicted octanol–water partition coefficient (Wildman–Crippen LogP) is 1.28. The van der Waals surface area contributed by atoms with Gasteiger partial charge in [0.1, 0.15) is 5.82 Å². The van der Waals surface area contributed by atoms with E-state index < -0.39 is 0 Å². The van der Waals surface area contributed by atoms with Gasteiger partial charge in [-0.1, -0.05) is 12.1 Å². The largest absolute Gasteiger partial charge is 0.357 e. The van der Waals surface area contributed by atoms with Gasteiger partial charge in [0.15, 0.2) is 5.96 Å². The van der Waals surface area contributed by atoms with Crippen LogP contribution in [0.4, 0.5) is 4.39 Å². The highest BCUT2D eigenvalue weighted by molar-refractivity contribution is 5.86. The molecule has 21 heavy (non-hydrogen) atoms. The molecule has 0 atom stereocenters. The third-order valence-electron chi connectivity index (χ3n) is 2.89. The summed E-state index contributed by atoms with van der Waals surface area (Å²) in [5.74, 6) is 0.317. The van der Waals surface area contributed by atoms with Gasteiger partial charge in [-0.3, -0.25) is 4.79 Å². The van der Waals surface area contributed by atoms with Crippen LogP contribution >= 0.6 is 0 Å². The van der Waals surface area contributed by atoms with Gasteiger partial charge in [0, 0.05) is 20.6 Å². The minimum Gasteiger partial charge on any atom is -0.357 e. The lowest BCUT2D eigenvalue weighted by Crippen LogP contribution is -2.42. The summed E-state index contributed by atoms with van der Waals surface area (Å²) in [5, 5.41) is 6.04. The molecule has 0 aliphatic rings. The summed E-state index contributed by atoms with van der Waals surface area (Å²) in [7, 11) is 3.41. The zero-order valence-electron chi connectivity index (χ0n) is 13.0. The molecule has 0 aliphatic carbocycles. The van der Waals surface area contributed by atoms with Crippen LogP contribution in [0.1, 0.15) is 18.1 Å². The van der Waals surface area contributed by atoms with Crippen LogP contribution in [0.3, 0.4) is 0 Å². The molecule has 0 heterocycles. The maximum Gasteiger partial charge on any atom is 0.241 e. The van der Waals surface area contributed by atoms with Crippen molar-refractivity contribution in [1.29, 1.82) is 0 Å². The third kappa shape index (κ3) is 5.81. The summed E-state index contributed by atoms with van der Waals surface area (Å²) in [6, 6.07) is 4.92. The van der Waals surface area contributed by atoms with Crippen molar-refractivity contribution in [3.8, 4) is 0 Å². The Morgan fingerprint density at radius 3 is 2.62 bits per heavy atom. The Labute approximate surface area is 125 Å². The lowest BCUT2D eigenvalue weighted by molar-refractivity contribution is -0.127. The Balaban J connectivity index is 2.66. The summed E-state index contributed by atoms with van der Waals surface area (Å²) in [6.07, 6.45) is 0. The summed E-state index contributed by atoms with van der Waals surface area (Å²) < 4.78 is 13.2. The molecule has 0 aromatic heterocycles. The first-order chi connectivity index (χ1) is 9.93. The Kier molecular flexibility index (Phi) is 6.65. The van der Waals surface area contributed by atoms with Crippen molar-refractivity contribution in [3.05, 3.63) is 35.1 Å². The average Bonchev–Trinajstić information content (AvgIpc) is 2.45. The Morgan fingerprint density at radius 1 is 1.33 bits per heavy atom. The second kappa shape index (κ2) is 8.24. The summed E-state index contributed by atoms with van der Waals surface area (Å²) in [5.41, 5.74) is 1.52. The Bertz CT molecular complexity index is 514. The van der Waals surface area contributed by atoms with E-state index in [2.05, 4.69) is 15.6 Å². The Morgan fingerprint density at radius 2 is 2.05 bits per heavy atom. The zero-order valence-corrected chi connectivity index (χ0v) is 13.0. The van der Waals surface area contributed by atoms with Crippen LogP contribution in [0.5, 0.6) is 0 Å². The predicted molar refractivity (Wildman–Crippen MR) is 82.6 cm³/mol. The summed E-state index contributed by atoms with van der Waals surface area (Å²) in [4.78, 5) is 17.4. The number of halogens is 1. The van der Waals surface area contributed by atoms with E-state index in [0.717, 1.165) is 5.56 Å². The molecule has 0 spiro atoms. The smallest absolute Gasteiger partial charge is 0.241 e. The van der Waals surface area contributed by atoms with Gasteiger partial charge in [0.2, 0.25) is 5.91 Å². The van der Waals surface area contributed by atoms with Crippen LogP contribution in [0.2, 0.25) is 0 Å². The molecular weight excluding hydrogens is 271 g/mol. The molecule has 1 aromatic carbocycles. The number of nitrogens with zero attached hydrogens (tertiary/aromatic N) is 2. The number of amides is 1. The van der Waals surface area contributed by atoms with E-state index in [9.17, 15) is 9.18 Å². The number of benzene rings is 1. The van der Waals surface area contributed by atoms with Gasteiger partial charge in [-0.15, -0.1) is 0 Å². The molecule has 0 bridgehead atoms. The van der Waals surface area contributed by atoms with Gasteiger partial charge >= 0.3 is 0 Å². The zero-order chi connectivity index (χ0) is 15.8.